The summed E-state index contributed by atoms with van der Waals surface area (Å²) in [4.78, 5) is 1.97. The molecule has 2 heteroatoms. The number of hydrogen-bond acceptors (Lipinski definition) is 2. The van der Waals surface area contributed by atoms with Crippen molar-refractivity contribution in [1.82, 2.24) is 0 Å². The lowest BCUT2D eigenvalue weighted by molar-refractivity contribution is 0.737. The van der Waals surface area contributed by atoms with Gasteiger partial charge in [-0.05, 0) is 69.5 Å². The van der Waals surface area contributed by atoms with Crippen LogP contribution in [0.3, 0.4) is 0 Å². The van der Waals surface area contributed by atoms with Gasteiger partial charge in [-0.15, -0.1) is 38.4 Å². The Morgan fingerprint density at radius 1 is 0.545 bits per heavy atom. The third-order valence-corrected chi connectivity index (χ3v) is 7.60. The van der Waals surface area contributed by atoms with Crippen LogP contribution in [0.4, 0.5) is 0 Å². The van der Waals surface area contributed by atoms with E-state index in [1.54, 1.807) is 0 Å². The Morgan fingerprint density at radius 3 is 1.36 bits per heavy atom. The molecule has 1 aliphatic rings. The lowest BCUT2D eigenvalue weighted by Crippen LogP contribution is -2.31. The Bertz CT molecular complexity index is 1270. The monoisotopic (exact) mass is 462 g/mol. The molecule has 0 bridgehead atoms. The number of allylic oxidation sites excluding steroid dienone is 2. The fraction of sp³-hybridized carbons (Fsp3) is 0.0968. The second-order valence-electron chi connectivity index (χ2n) is 8.43. The second kappa shape index (κ2) is 8.78. The predicted octanol–water partition coefficient (Wildman–Crippen LogP) is 8.08. The van der Waals surface area contributed by atoms with Gasteiger partial charge in [0.25, 0.3) is 0 Å². The van der Waals surface area contributed by atoms with Crippen molar-refractivity contribution in [2.75, 3.05) is 0 Å². The third kappa shape index (κ3) is 3.24. The van der Waals surface area contributed by atoms with E-state index in [4.69, 9.17) is 25.3 Å². The maximum atomic E-state index is 4.89. The topological polar surface area (TPSA) is 0 Å². The van der Waals surface area contributed by atoms with Gasteiger partial charge in [-0.3, -0.25) is 0 Å². The molecule has 0 fully saturated rings. The molecule has 0 aliphatic heterocycles. The summed E-state index contributed by atoms with van der Waals surface area (Å²) in [6, 6.07) is 30.5. The van der Waals surface area contributed by atoms with Crippen LogP contribution in [0.15, 0.2) is 120 Å². The van der Waals surface area contributed by atoms with E-state index < -0.39 is 5.41 Å². The summed E-state index contributed by atoms with van der Waals surface area (Å²) >= 11 is 9.79. The molecule has 1 aliphatic carbocycles. The molecule has 0 atom stereocenters. The van der Waals surface area contributed by atoms with Crippen LogP contribution < -0.4 is 0 Å². The molecule has 0 heterocycles. The van der Waals surface area contributed by atoms with Gasteiger partial charge in [-0.25, -0.2) is 0 Å². The first kappa shape index (κ1) is 21.9. The molecule has 0 aromatic heterocycles. The third-order valence-electron chi connectivity index (χ3n) is 6.76. The molecule has 4 aromatic carbocycles. The zero-order chi connectivity index (χ0) is 23.0. The minimum Gasteiger partial charge on any atom is -0.143 e. The van der Waals surface area contributed by atoms with Crippen molar-refractivity contribution in [3.63, 3.8) is 0 Å². The highest BCUT2D eigenvalue weighted by atomic mass is 32.1. The molecule has 0 unspecified atom stereocenters. The smallest absolute Gasteiger partial charge is 0.0719 e. The molecule has 33 heavy (non-hydrogen) atoms. The Labute approximate surface area is 207 Å². The van der Waals surface area contributed by atoms with Gasteiger partial charge in [0.1, 0.15) is 0 Å². The van der Waals surface area contributed by atoms with E-state index in [2.05, 4.69) is 98.1 Å². The van der Waals surface area contributed by atoms with E-state index >= 15 is 0 Å². The summed E-state index contributed by atoms with van der Waals surface area (Å²) in [6.45, 7) is 8.10. The van der Waals surface area contributed by atoms with E-state index in [0.717, 1.165) is 22.6 Å². The highest BCUT2D eigenvalue weighted by Gasteiger charge is 2.48. The summed E-state index contributed by atoms with van der Waals surface area (Å²) in [5, 5.41) is 0. The van der Waals surface area contributed by atoms with E-state index in [-0.39, 0.29) is 0 Å². The SMILES string of the molecule is C=CCc1c(S)cccc1C1(c2cccc(S)c2CC=C)c2ccccc2-c2ccccc21. The van der Waals surface area contributed by atoms with Gasteiger partial charge in [-0.2, -0.15) is 0 Å². The molecule has 0 amide bonds. The van der Waals surface area contributed by atoms with Gasteiger partial charge in [0, 0.05) is 9.79 Å². The summed E-state index contributed by atoms with van der Waals surface area (Å²) in [5.74, 6) is 0. The zero-order valence-electron chi connectivity index (χ0n) is 18.5. The lowest BCUT2D eigenvalue weighted by atomic mass is 9.64. The fourth-order valence-electron chi connectivity index (χ4n) is 5.53. The molecule has 0 N–H and O–H groups in total. The van der Waals surface area contributed by atoms with Gasteiger partial charge in [0.05, 0.1) is 5.41 Å². The molecule has 0 saturated carbocycles. The normalized spacial score (nSPS) is 13.3. The van der Waals surface area contributed by atoms with Crippen LogP contribution in [-0.2, 0) is 18.3 Å². The van der Waals surface area contributed by atoms with Crippen molar-refractivity contribution in [3.05, 3.63) is 144 Å². The minimum atomic E-state index is -0.485. The quantitative estimate of drug-likeness (QED) is 0.185. The van der Waals surface area contributed by atoms with Crippen LogP contribution >= 0.6 is 25.3 Å². The van der Waals surface area contributed by atoms with Gasteiger partial charge in [-0.1, -0.05) is 84.9 Å². The molecule has 0 saturated heterocycles. The van der Waals surface area contributed by atoms with Crippen molar-refractivity contribution in [2.24, 2.45) is 0 Å². The highest BCUT2D eigenvalue weighted by Crippen LogP contribution is 2.58. The van der Waals surface area contributed by atoms with Crippen LogP contribution in [0, 0.1) is 0 Å². The average Bonchev–Trinajstić information content (AvgIpc) is 3.13. The van der Waals surface area contributed by atoms with Gasteiger partial charge in [0.2, 0.25) is 0 Å². The predicted molar refractivity (Wildman–Crippen MR) is 146 cm³/mol. The Kier molecular flexibility index (Phi) is 5.82. The number of hydrogen-bond donors (Lipinski definition) is 2. The van der Waals surface area contributed by atoms with Crippen LogP contribution in [0.5, 0.6) is 0 Å². The van der Waals surface area contributed by atoms with Gasteiger partial charge in [0.15, 0.2) is 0 Å². The standard InChI is InChI=1S/C31H26S2/c1-3-11-23-27(17-9-19-29(23)32)31(28-18-10-20-30(33)24(28)12-4-2)25-15-7-5-13-21(25)22-14-6-8-16-26(22)31/h3-10,13-20,32-33H,1-2,11-12H2. The number of benzene rings is 4. The summed E-state index contributed by atoms with van der Waals surface area (Å²) in [7, 11) is 0. The van der Waals surface area contributed by atoms with E-state index in [0.29, 0.717) is 0 Å². The van der Waals surface area contributed by atoms with Crippen LogP contribution in [0.1, 0.15) is 33.4 Å². The van der Waals surface area contributed by atoms with Crippen molar-refractivity contribution in [3.8, 4) is 11.1 Å². The average molecular weight is 463 g/mol. The largest absolute Gasteiger partial charge is 0.143 e. The number of rotatable bonds is 6. The maximum absolute atomic E-state index is 4.89. The number of thiol groups is 2. The van der Waals surface area contributed by atoms with Crippen molar-refractivity contribution < 1.29 is 0 Å². The Morgan fingerprint density at radius 2 is 0.939 bits per heavy atom. The van der Waals surface area contributed by atoms with Crippen molar-refractivity contribution in [2.45, 2.75) is 28.0 Å². The molecular formula is C31H26S2. The first-order chi connectivity index (χ1) is 16.1. The lowest BCUT2D eigenvalue weighted by Gasteiger charge is -2.37. The summed E-state index contributed by atoms with van der Waals surface area (Å²) < 4.78 is 0. The molecule has 0 nitrogen and oxygen atoms in total. The van der Waals surface area contributed by atoms with Crippen molar-refractivity contribution >= 4 is 25.3 Å². The second-order valence-corrected chi connectivity index (χ2v) is 9.40. The molecular weight excluding hydrogens is 436 g/mol. The highest BCUT2D eigenvalue weighted by molar-refractivity contribution is 7.80. The summed E-state index contributed by atoms with van der Waals surface area (Å²) in [5.41, 5.74) is 9.55. The molecule has 0 spiro atoms. The fourth-order valence-corrected chi connectivity index (χ4v) is 6.13. The number of fused-ring (bicyclic) bond motifs is 3. The first-order valence-corrected chi connectivity index (χ1v) is 12.1. The van der Waals surface area contributed by atoms with Crippen LogP contribution in [0.25, 0.3) is 11.1 Å². The maximum Gasteiger partial charge on any atom is 0.0719 e. The molecule has 162 valence electrons. The van der Waals surface area contributed by atoms with Crippen LogP contribution in [-0.4, -0.2) is 0 Å². The van der Waals surface area contributed by atoms with E-state index in [9.17, 15) is 0 Å². The zero-order valence-corrected chi connectivity index (χ0v) is 20.2. The van der Waals surface area contributed by atoms with E-state index in [1.165, 1.54) is 44.5 Å². The molecule has 5 rings (SSSR count). The van der Waals surface area contributed by atoms with Crippen LogP contribution in [0.2, 0.25) is 0 Å². The molecule has 0 radical (unpaired) electrons. The van der Waals surface area contributed by atoms with Gasteiger partial charge >= 0.3 is 0 Å². The summed E-state index contributed by atoms with van der Waals surface area (Å²) in [6.07, 6.45) is 5.44. The Hall–Kier alpha value is -2.94. The van der Waals surface area contributed by atoms with Gasteiger partial charge < -0.3 is 0 Å². The van der Waals surface area contributed by atoms with Crippen molar-refractivity contribution in [1.29, 1.82) is 0 Å². The molecule has 4 aromatic rings. The first-order valence-electron chi connectivity index (χ1n) is 11.2. The Balaban J connectivity index is 2.03. The van der Waals surface area contributed by atoms with E-state index in [1.807, 2.05) is 12.2 Å². The minimum absolute atomic E-state index is 0.485.